The molecule has 2 aliphatic rings. The molecule has 1 aliphatic carbocycles. The lowest BCUT2D eigenvalue weighted by Crippen LogP contribution is -2.45. The molecule has 24 heavy (non-hydrogen) atoms. The van der Waals surface area contributed by atoms with Gasteiger partial charge in [0.1, 0.15) is 11.8 Å². The van der Waals surface area contributed by atoms with E-state index >= 15 is 0 Å². The summed E-state index contributed by atoms with van der Waals surface area (Å²) in [7, 11) is 0. The first kappa shape index (κ1) is 17.0. The third-order valence-electron chi connectivity index (χ3n) is 4.90. The van der Waals surface area contributed by atoms with E-state index in [1.165, 1.54) is 6.92 Å². The van der Waals surface area contributed by atoms with Gasteiger partial charge < -0.3 is 4.74 Å². The van der Waals surface area contributed by atoms with Crippen LogP contribution < -0.4 is 4.74 Å². The van der Waals surface area contributed by atoms with Crippen LogP contribution in [-0.4, -0.2) is 28.7 Å². The maximum absolute atomic E-state index is 12.5. The Labute approximate surface area is 145 Å². The molecule has 0 spiro atoms. The van der Waals surface area contributed by atoms with Crippen molar-refractivity contribution in [2.24, 2.45) is 11.8 Å². The van der Waals surface area contributed by atoms with Crippen LogP contribution in [0.2, 0.25) is 5.02 Å². The Kier molecular flexibility index (Phi) is 4.63. The van der Waals surface area contributed by atoms with Crippen LogP contribution in [-0.2, 0) is 14.4 Å². The maximum atomic E-state index is 12.5. The molecule has 128 valence electrons. The van der Waals surface area contributed by atoms with Crippen molar-refractivity contribution in [1.29, 1.82) is 0 Å². The highest BCUT2D eigenvalue weighted by Crippen LogP contribution is 2.39. The van der Waals surface area contributed by atoms with Crippen molar-refractivity contribution in [3.63, 3.8) is 0 Å². The summed E-state index contributed by atoms with van der Waals surface area (Å²) in [5.74, 6) is -1.45. The molecule has 1 aromatic rings. The molecule has 6 heteroatoms. The number of imide groups is 1. The molecule has 1 heterocycles. The average molecular weight is 350 g/mol. The molecule has 3 atom stereocenters. The van der Waals surface area contributed by atoms with E-state index in [2.05, 4.69) is 0 Å². The van der Waals surface area contributed by atoms with E-state index in [9.17, 15) is 14.4 Å². The number of hydrogen-bond donors (Lipinski definition) is 0. The fourth-order valence-corrected chi connectivity index (χ4v) is 3.71. The third-order valence-corrected chi connectivity index (χ3v) is 5.21. The number of esters is 1. The maximum Gasteiger partial charge on any atom is 0.334 e. The van der Waals surface area contributed by atoms with Gasteiger partial charge in [-0.25, -0.2) is 4.79 Å². The number of carbonyl (C=O) groups is 3. The van der Waals surface area contributed by atoms with E-state index in [1.807, 2.05) is 6.92 Å². The number of hydrogen-bond acceptors (Lipinski definition) is 4. The first-order valence-corrected chi connectivity index (χ1v) is 8.62. The van der Waals surface area contributed by atoms with E-state index in [4.69, 9.17) is 16.3 Å². The minimum atomic E-state index is -0.952. The van der Waals surface area contributed by atoms with Crippen molar-refractivity contribution in [2.45, 2.75) is 45.6 Å². The van der Waals surface area contributed by atoms with Gasteiger partial charge >= 0.3 is 5.97 Å². The minimum absolute atomic E-state index is 0.241. The molecular formula is C18H20ClNO4. The molecular weight excluding hydrogens is 330 g/mol. The van der Waals surface area contributed by atoms with Crippen LogP contribution in [0.25, 0.3) is 0 Å². The second-order valence-corrected chi connectivity index (χ2v) is 6.98. The summed E-state index contributed by atoms with van der Waals surface area (Å²) in [4.78, 5) is 38.6. The Morgan fingerprint density at radius 1 is 1.21 bits per heavy atom. The Hall–Kier alpha value is -1.88. The van der Waals surface area contributed by atoms with E-state index in [-0.39, 0.29) is 29.4 Å². The molecule has 2 fully saturated rings. The number of carbonyl (C=O) groups excluding carboxylic acids is 3. The summed E-state index contributed by atoms with van der Waals surface area (Å²) in [6.45, 7) is 3.38. The fraction of sp³-hybridized carbons (Fsp3) is 0.500. The third kappa shape index (κ3) is 2.93. The van der Waals surface area contributed by atoms with Gasteiger partial charge in [0, 0.05) is 0 Å². The molecule has 2 amide bonds. The summed E-state index contributed by atoms with van der Waals surface area (Å²) in [6, 6.07) is 4.15. The first-order valence-electron chi connectivity index (χ1n) is 8.25. The number of benzene rings is 1. The molecule has 5 nitrogen and oxygen atoms in total. The van der Waals surface area contributed by atoms with Crippen LogP contribution in [0, 0.1) is 18.8 Å². The zero-order chi connectivity index (χ0) is 17.4. The topological polar surface area (TPSA) is 63.7 Å². The smallest absolute Gasteiger partial charge is 0.334 e. The summed E-state index contributed by atoms with van der Waals surface area (Å²) in [6.07, 6.45) is 3.34. The average Bonchev–Trinajstić information content (AvgIpc) is 2.82. The van der Waals surface area contributed by atoms with Crippen molar-refractivity contribution >= 4 is 29.4 Å². The molecule has 1 saturated heterocycles. The largest absolute Gasteiger partial charge is 0.423 e. The number of rotatable bonds is 3. The lowest BCUT2D eigenvalue weighted by molar-refractivity contribution is -0.152. The molecule has 1 aromatic carbocycles. The van der Waals surface area contributed by atoms with Gasteiger partial charge in [0.2, 0.25) is 11.8 Å². The Bertz CT molecular complexity index is 678. The van der Waals surface area contributed by atoms with Crippen LogP contribution in [0.1, 0.15) is 38.2 Å². The van der Waals surface area contributed by atoms with Crippen LogP contribution in [0.5, 0.6) is 5.75 Å². The summed E-state index contributed by atoms with van der Waals surface area (Å²) in [5.41, 5.74) is 0.897. The number of amides is 2. The van der Waals surface area contributed by atoms with Gasteiger partial charge in [-0.15, -0.1) is 0 Å². The zero-order valence-corrected chi connectivity index (χ0v) is 14.5. The van der Waals surface area contributed by atoms with E-state index in [1.54, 1.807) is 18.2 Å². The SMILES string of the molecule is Cc1ccc(Cl)c(OC(=O)[C@@H](C)N2C(=O)C3CCCCC3C2=O)c1. The fourth-order valence-electron chi connectivity index (χ4n) is 3.56. The second-order valence-electron chi connectivity index (χ2n) is 6.57. The molecule has 0 radical (unpaired) electrons. The van der Waals surface area contributed by atoms with Crippen LogP contribution in [0.15, 0.2) is 18.2 Å². The molecule has 1 aliphatic heterocycles. The number of ether oxygens (including phenoxy) is 1. The van der Waals surface area contributed by atoms with Crippen molar-refractivity contribution in [3.05, 3.63) is 28.8 Å². The standard InChI is InChI=1S/C18H20ClNO4/c1-10-7-8-14(19)15(9-10)24-18(23)11(2)20-16(21)12-5-3-4-6-13(12)17(20)22/h7-9,11-13H,3-6H2,1-2H3/t11-,12?,13?/m1/s1. The highest BCUT2D eigenvalue weighted by Gasteiger charge is 2.51. The first-order chi connectivity index (χ1) is 11.4. The number of aryl methyl sites for hydroxylation is 1. The molecule has 0 aromatic heterocycles. The van der Waals surface area contributed by atoms with Crippen molar-refractivity contribution < 1.29 is 19.1 Å². The summed E-state index contributed by atoms with van der Waals surface area (Å²) < 4.78 is 5.33. The molecule has 2 unspecified atom stereocenters. The van der Waals surface area contributed by atoms with Gasteiger partial charge in [-0.05, 0) is 44.4 Å². The van der Waals surface area contributed by atoms with Crippen molar-refractivity contribution in [1.82, 2.24) is 4.90 Å². The second kappa shape index (κ2) is 6.55. The van der Waals surface area contributed by atoms with Gasteiger partial charge in [0.25, 0.3) is 0 Å². The Morgan fingerprint density at radius 3 is 2.38 bits per heavy atom. The van der Waals surface area contributed by atoms with Crippen LogP contribution in [0.3, 0.4) is 0 Å². The quantitative estimate of drug-likeness (QED) is 0.478. The van der Waals surface area contributed by atoms with Gasteiger partial charge in [-0.3, -0.25) is 14.5 Å². The number of likely N-dealkylation sites (tertiary alicyclic amines) is 1. The Morgan fingerprint density at radius 2 is 1.79 bits per heavy atom. The van der Waals surface area contributed by atoms with Crippen molar-refractivity contribution in [3.8, 4) is 5.75 Å². The molecule has 0 bridgehead atoms. The molecule has 1 saturated carbocycles. The number of fused-ring (bicyclic) bond motifs is 1. The summed E-state index contributed by atoms with van der Waals surface area (Å²) >= 11 is 6.04. The monoisotopic (exact) mass is 349 g/mol. The lowest BCUT2D eigenvalue weighted by atomic mass is 9.81. The van der Waals surface area contributed by atoms with Gasteiger partial charge in [0.15, 0.2) is 0 Å². The molecule has 3 rings (SSSR count). The Balaban J connectivity index is 1.77. The van der Waals surface area contributed by atoms with Crippen molar-refractivity contribution in [2.75, 3.05) is 0 Å². The van der Waals surface area contributed by atoms with Gasteiger partial charge in [0.05, 0.1) is 16.9 Å². The summed E-state index contributed by atoms with van der Waals surface area (Å²) in [5, 5.41) is 0.314. The van der Waals surface area contributed by atoms with E-state index in [0.29, 0.717) is 5.02 Å². The molecule has 0 N–H and O–H groups in total. The van der Waals surface area contributed by atoms with E-state index in [0.717, 1.165) is 36.1 Å². The predicted molar refractivity (Wildman–Crippen MR) is 88.6 cm³/mol. The lowest BCUT2D eigenvalue weighted by Gasteiger charge is -2.21. The number of halogens is 1. The number of nitrogens with zero attached hydrogens (tertiary/aromatic N) is 1. The van der Waals surface area contributed by atoms with E-state index < -0.39 is 12.0 Å². The van der Waals surface area contributed by atoms with Crippen LogP contribution >= 0.6 is 11.6 Å². The van der Waals surface area contributed by atoms with Crippen LogP contribution in [0.4, 0.5) is 0 Å². The van der Waals surface area contributed by atoms with Gasteiger partial charge in [-0.1, -0.05) is 30.5 Å². The highest BCUT2D eigenvalue weighted by molar-refractivity contribution is 6.32. The van der Waals surface area contributed by atoms with Gasteiger partial charge in [-0.2, -0.15) is 0 Å². The zero-order valence-electron chi connectivity index (χ0n) is 13.8. The normalized spacial score (nSPS) is 24.7. The minimum Gasteiger partial charge on any atom is -0.423 e. The highest BCUT2D eigenvalue weighted by atomic mass is 35.5. The predicted octanol–water partition coefficient (Wildman–Crippen LogP) is 3.12.